The van der Waals surface area contributed by atoms with Crippen LogP contribution in [0.5, 0.6) is 0 Å². The lowest BCUT2D eigenvalue weighted by atomic mass is 10.2. The number of para-hydroxylation sites is 1. The average molecular weight is 462 g/mol. The quantitative estimate of drug-likeness (QED) is 0.399. The number of nitrogens with zero attached hydrogens (tertiary/aromatic N) is 3. The van der Waals surface area contributed by atoms with Crippen molar-refractivity contribution in [2.75, 3.05) is 10.8 Å². The monoisotopic (exact) mass is 461 g/mol. The van der Waals surface area contributed by atoms with E-state index in [4.69, 9.17) is 0 Å². The Balaban J connectivity index is 1.39. The molecule has 5 rings (SSSR count). The molecule has 1 aliphatic rings. The summed E-state index contributed by atoms with van der Waals surface area (Å²) >= 11 is 1.82. The molecule has 0 atom stereocenters. The molecule has 0 radical (unpaired) electrons. The molecule has 0 saturated carbocycles. The predicted molar refractivity (Wildman–Crippen MR) is 128 cm³/mol. The summed E-state index contributed by atoms with van der Waals surface area (Å²) in [6.45, 7) is 4.63. The van der Waals surface area contributed by atoms with Crippen LogP contribution in [0.25, 0.3) is 5.69 Å². The van der Waals surface area contributed by atoms with E-state index >= 15 is 0 Å². The Hall–Kier alpha value is -3.03. The number of sulfone groups is 1. The van der Waals surface area contributed by atoms with E-state index < -0.39 is 9.84 Å². The number of fused-ring (bicyclic) bond motifs is 1. The highest BCUT2D eigenvalue weighted by Gasteiger charge is 2.21. The highest BCUT2D eigenvalue weighted by Crippen LogP contribution is 2.38. The number of anilines is 1. The molecule has 0 fully saturated rings. The SMILES string of the molecule is Cc1cc(C)n(-c2cccc(S(=O)(=O)c3ccc(CN4CSc5ccccc54)cc3)c2)n1. The average Bonchev–Trinajstić information content (AvgIpc) is 3.36. The first-order valence-corrected chi connectivity index (χ1v) is 12.8. The Labute approximate surface area is 192 Å². The molecule has 0 unspecified atom stereocenters. The first-order chi connectivity index (χ1) is 15.4. The van der Waals surface area contributed by atoms with Crippen molar-refractivity contribution in [1.29, 1.82) is 0 Å². The van der Waals surface area contributed by atoms with Crippen LogP contribution in [0.15, 0.2) is 93.5 Å². The fraction of sp³-hybridized carbons (Fsp3) is 0.160. The van der Waals surface area contributed by atoms with E-state index in [1.165, 1.54) is 10.6 Å². The fourth-order valence-electron chi connectivity index (χ4n) is 3.99. The molecule has 32 heavy (non-hydrogen) atoms. The molecule has 4 aromatic rings. The van der Waals surface area contributed by atoms with E-state index in [-0.39, 0.29) is 4.90 Å². The molecule has 0 N–H and O–H groups in total. The van der Waals surface area contributed by atoms with E-state index in [1.54, 1.807) is 35.0 Å². The van der Waals surface area contributed by atoms with Crippen molar-refractivity contribution in [3.05, 3.63) is 95.8 Å². The van der Waals surface area contributed by atoms with Crippen LogP contribution in [-0.2, 0) is 16.4 Å². The van der Waals surface area contributed by atoms with Gasteiger partial charge in [-0.05, 0) is 67.9 Å². The molecule has 162 valence electrons. The Kier molecular flexibility index (Phi) is 5.31. The van der Waals surface area contributed by atoms with E-state index in [0.717, 1.165) is 35.1 Å². The van der Waals surface area contributed by atoms with Gasteiger partial charge in [0.1, 0.15) is 0 Å². The van der Waals surface area contributed by atoms with E-state index in [9.17, 15) is 8.42 Å². The molecule has 0 saturated heterocycles. The second kappa shape index (κ2) is 8.15. The number of aryl methyl sites for hydroxylation is 2. The third kappa shape index (κ3) is 3.82. The van der Waals surface area contributed by atoms with Gasteiger partial charge in [-0.3, -0.25) is 0 Å². The summed E-state index contributed by atoms with van der Waals surface area (Å²) in [6.07, 6.45) is 0. The third-order valence-corrected chi connectivity index (χ3v) is 8.44. The maximum Gasteiger partial charge on any atom is 0.206 e. The normalized spacial score (nSPS) is 13.4. The molecular weight excluding hydrogens is 438 g/mol. The maximum absolute atomic E-state index is 13.3. The zero-order valence-corrected chi connectivity index (χ0v) is 19.5. The standard InChI is InChI=1S/C25H23N3O2S2/c1-18-14-19(2)28(26-18)21-6-5-7-23(15-21)32(29,30)22-12-10-20(11-13-22)16-27-17-31-25-9-4-3-8-24(25)27/h3-15H,16-17H2,1-2H3. The van der Waals surface area contributed by atoms with Crippen molar-refractivity contribution in [2.45, 2.75) is 35.1 Å². The third-order valence-electron chi connectivity index (χ3n) is 5.57. The Morgan fingerprint density at radius 2 is 1.69 bits per heavy atom. The Morgan fingerprint density at radius 1 is 0.906 bits per heavy atom. The number of aromatic nitrogens is 2. The molecule has 7 heteroatoms. The van der Waals surface area contributed by atoms with Gasteiger partial charge in [0.25, 0.3) is 0 Å². The number of rotatable bonds is 5. The highest BCUT2D eigenvalue weighted by molar-refractivity contribution is 7.99. The lowest BCUT2D eigenvalue weighted by Crippen LogP contribution is -2.18. The molecule has 0 aliphatic carbocycles. The van der Waals surface area contributed by atoms with E-state index in [1.807, 2.05) is 55.9 Å². The lowest BCUT2D eigenvalue weighted by molar-refractivity contribution is 0.596. The number of benzene rings is 3. The molecule has 0 amide bonds. The molecule has 1 aromatic heterocycles. The van der Waals surface area contributed by atoms with Crippen molar-refractivity contribution in [2.24, 2.45) is 0 Å². The smallest absolute Gasteiger partial charge is 0.206 e. The van der Waals surface area contributed by atoms with Crippen molar-refractivity contribution in [1.82, 2.24) is 9.78 Å². The maximum atomic E-state index is 13.3. The summed E-state index contributed by atoms with van der Waals surface area (Å²) in [5.74, 6) is 0.901. The zero-order valence-electron chi connectivity index (χ0n) is 17.9. The van der Waals surface area contributed by atoms with Crippen LogP contribution in [0.2, 0.25) is 0 Å². The molecule has 5 nitrogen and oxygen atoms in total. The molecule has 2 heterocycles. The minimum absolute atomic E-state index is 0.264. The highest BCUT2D eigenvalue weighted by atomic mass is 32.2. The summed E-state index contributed by atoms with van der Waals surface area (Å²) in [4.78, 5) is 4.15. The summed E-state index contributed by atoms with van der Waals surface area (Å²) in [5.41, 5.74) is 4.90. The van der Waals surface area contributed by atoms with Gasteiger partial charge in [-0.1, -0.05) is 30.3 Å². The van der Waals surface area contributed by atoms with Crippen LogP contribution in [0.3, 0.4) is 0 Å². The first-order valence-electron chi connectivity index (χ1n) is 10.4. The van der Waals surface area contributed by atoms with Gasteiger partial charge in [0.2, 0.25) is 9.84 Å². The van der Waals surface area contributed by atoms with E-state index in [0.29, 0.717) is 4.90 Å². The van der Waals surface area contributed by atoms with Gasteiger partial charge in [-0.15, -0.1) is 11.8 Å². The molecule has 0 bridgehead atoms. The molecular formula is C25H23N3O2S2. The van der Waals surface area contributed by atoms with Gasteiger partial charge in [-0.2, -0.15) is 5.10 Å². The predicted octanol–water partition coefficient (Wildman–Crippen LogP) is 5.39. The van der Waals surface area contributed by atoms with E-state index in [2.05, 4.69) is 28.2 Å². The van der Waals surface area contributed by atoms with Crippen LogP contribution < -0.4 is 4.90 Å². The van der Waals surface area contributed by atoms with Gasteiger partial charge in [-0.25, -0.2) is 13.1 Å². The minimum Gasteiger partial charge on any atom is -0.357 e. The first kappa shape index (κ1) is 20.8. The number of thioether (sulfide) groups is 1. The second-order valence-electron chi connectivity index (χ2n) is 7.92. The van der Waals surface area contributed by atoms with Crippen LogP contribution >= 0.6 is 11.8 Å². The van der Waals surface area contributed by atoms with Gasteiger partial charge < -0.3 is 4.90 Å². The van der Waals surface area contributed by atoms with Crippen molar-refractivity contribution in [3.8, 4) is 5.69 Å². The van der Waals surface area contributed by atoms with Gasteiger partial charge in [0.15, 0.2) is 0 Å². The lowest BCUT2D eigenvalue weighted by Gasteiger charge is -2.18. The number of hydrogen-bond donors (Lipinski definition) is 0. The summed E-state index contributed by atoms with van der Waals surface area (Å²) in [6, 6.07) is 24.5. The molecule has 1 aliphatic heterocycles. The van der Waals surface area contributed by atoms with Crippen LogP contribution in [0.1, 0.15) is 17.0 Å². The van der Waals surface area contributed by atoms with Gasteiger partial charge in [0.05, 0.1) is 32.7 Å². The minimum atomic E-state index is -3.63. The Bertz CT molecular complexity index is 1390. The van der Waals surface area contributed by atoms with Crippen LogP contribution in [0, 0.1) is 13.8 Å². The van der Waals surface area contributed by atoms with Crippen molar-refractivity contribution in [3.63, 3.8) is 0 Å². The van der Waals surface area contributed by atoms with Crippen LogP contribution in [0.4, 0.5) is 5.69 Å². The van der Waals surface area contributed by atoms with Crippen LogP contribution in [-0.4, -0.2) is 24.1 Å². The molecule has 3 aromatic carbocycles. The zero-order chi connectivity index (χ0) is 22.3. The Morgan fingerprint density at radius 3 is 2.44 bits per heavy atom. The summed E-state index contributed by atoms with van der Waals surface area (Å²) < 4.78 is 28.3. The molecule has 0 spiro atoms. The topological polar surface area (TPSA) is 55.2 Å². The number of hydrogen-bond acceptors (Lipinski definition) is 5. The second-order valence-corrected chi connectivity index (χ2v) is 10.9. The summed E-state index contributed by atoms with van der Waals surface area (Å²) in [5, 5.41) is 4.47. The van der Waals surface area contributed by atoms with Gasteiger partial charge >= 0.3 is 0 Å². The van der Waals surface area contributed by atoms with Crippen molar-refractivity contribution < 1.29 is 8.42 Å². The van der Waals surface area contributed by atoms with Gasteiger partial charge in [0, 0.05) is 17.1 Å². The largest absolute Gasteiger partial charge is 0.357 e. The summed E-state index contributed by atoms with van der Waals surface area (Å²) in [7, 11) is -3.63. The van der Waals surface area contributed by atoms with Crippen molar-refractivity contribution >= 4 is 27.3 Å². The fourth-order valence-corrected chi connectivity index (χ4v) is 6.34.